The van der Waals surface area contributed by atoms with E-state index in [1.165, 1.54) is 0 Å². The second-order valence-electron chi connectivity index (χ2n) is 4.89. The summed E-state index contributed by atoms with van der Waals surface area (Å²) in [6, 6.07) is 7.66. The molecule has 0 heterocycles. The molecule has 0 aromatic heterocycles. The molecule has 1 unspecified atom stereocenters. The number of nitrogens with one attached hydrogen (secondary N) is 1. The Hall–Kier alpha value is -1.06. The number of halogens is 1. The minimum Gasteiger partial charge on any atom is -0.352 e. The molecule has 1 aromatic rings. The third-order valence-electron chi connectivity index (χ3n) is 2.68. The zero-order valence-electron chi connectivity index (χ0n) is 11.6. The van der Waals surface area contributed by atoms with Crippen LogP contribution in [0.25, 0.3) is 0 Å². The van der Waals surface area contributed by atoms with Crippen molar-refractivity contribution in [2.75, 3.05) is 27.2 Å². The van der Waals surface area contributed by atoms with Crippen LogP contribution >= 0.6 is 12.4 Å². The van der Waals surface area contributed by atoms with Gasteiger partial charge in [0, 0.05) is 18.7 Å². The van der Waals surface area contributed by atoms with Gasteiger partial charge in [0.25, 0.3) is 5.91 Å². The largest absolute Gasteiger partial charge is 0.352 e. The standard InChI is InChI=1S/C14H22N2O.ClH/c1-11(10-16(3)4)9-15-14(17)13-8-6-5-7-12(13)2;/h5-8,11H,9-10H2,1-4H3,(H,15,17);1H. The van der Waals surface area contributed by atoms with E-state index in [1.807, 2.05) is 45.3 Å². The van der Waals surface area contributed by atoms with E-state index >= 15 is 0 Å². The Morgan fingerprint density at radius 3 is 2.50 bits per heavy atom. The number of nitrogens with zero attached hydrogens (tertiary/aromatic N) is 1. The molecule has 0 saturated heterocycles. The summed E-state index contributed by atoms with van der Waals surface area (Å²) >= 11 is 0. The van der Waals surface area contributed by atoms with Gasteiger partial charge in [-0.1, -0.05) is 25.1 Å². The van der Waals surface area contributed by atoms with E-state index < -0.39 is 0 Å². The van der Waals surface area contributed by atoms with Crippen molar-refractivity contribution in [1.29, 1.82) is 0 Å². The van der Waals surface area contributed by atoms with Crippen LogP contribution in [-0.2, 0) is 0 Å². The summed E-state index contributed by atoms with van der Waals surface area (Å²) in [5.41, 5.74) is 1.79. The van der Waals surface area contributed by atoms with Crippen LogP contribution in [0.1, 0.15) is 22.8 Å². The third-order valence-corrected chi connectivity index (χ3v) is 2.68. The van der Waals surface area contributed by atoms with E-state index in [4.69, 9.17) is 0 Å². The Labute approximate surface area is 116 Å². The van der Waals surface area contributed by atoms with E-state index in [9.17, 15) is 4.79 Å². The maximum Gasteiger partial charge on any atom is 0.251 e. The van der Waals surface area contributed by atoms with Crippen molar-refractivity contribution in [2.45, 2.75) is 13.8 Å². The highest BCUT2D eigenvalue weighted by Crippen LogP contribution is 2.06. The fourth-order valence-electron chi connectivity index (χ4n) is 1.88. The van der Waals surface area contributed by atoms with Crippen molar-refractivity contribution in [3.63, 3.8) is 0 Å². The Bertz CT molecular complexity index is 380. The molecular weight excluding hydrogens is 248 g/mol. The molecule has 1 aromatic carbocycles. The smallest absolute Gasteiger partial charge is 0.251 e. The number of aryl methyl sites for hydroxylation is 1. The summed E-state index contributed by atoms with van der Waals surface area (Å²) in [5, 5.41) is 2.98. The lowest BCUT2D eigenvalue weighted by Crippen LogP contribution is -2.33. The van der Waals surface area contributed by atoms with Gasteiger partial charge in [-0.2, -0.15) is 0 Å². The molecule has 1 atom stereocenters. The Morgan fingerprint density at radius 2 is 1.94 bits per heavy atom. The van der Waals surface area contributed by atoms with E-state index in [1.54, 1.807) is 0 Å². The van der Waals surface area contributed by atoms with E-state index in [2.05, 4.69) is 17.1 Å². The Kier molecular flexibility index (Phi) is 7.64. The monoisotopic (exact) mass is 270 g/mol. The van der Waals surface area contributed by atoms with Gasteiger partial charge < -0.3 is 10.2 Å². The van der Waals surface area contributed by atoms with Gasteiger partial charge in [0.2, 0.25) is 0 Å². The number of hydrogen-bond acceptors (Lipinski definition) is 2. The molecule has 1 rings (SSSR count). The topological polar surface area (TPSA) is 32.3 Å². The molecule has 0 saturated carbocycles. The van der Waals surface area contributed by atoms with Gasteiger partial charge in [-0.3, -0.25) is 4.79 Å². The van der Waals surface area contributed by atoms with E-state index in [-0.39, 0.29) is 18.3 Å². The van der Waals surface area contributed by atoms with Crippen molar-refractivity contribution in [2.24, 2.45) is 5.92 Å². The molecule has 0 aliphatic rings. The Balaban J connectivity index is 0.00000289. The highest BCUT2D eigenvalue weighted by Gasteiger charge is 2.09. The molecule has 0 spiro atoms. The maximum absolute atomic E-state index is 11.9. The second kappa shape index (κ2) is 8.11. The SMILES string of the molecule is Cc1ccccc1C(=O)NCC(C)CN(C)C.Cl. The fourth-order valence-corrected chi connectivity index (χ4v) is 1.88. The van der Waals surface area contributed by atoms with Crippen LogP contribution in [0.5, 0.6) is 0 Å². The van der Waals surface area contributed by atoms with Crippen LogP contribution in [-0.4, -0.2) is 38.0 Å². The first kappa shape index (κ1) is 16.9. The van der Waals surface area contributed by atoms with Crippen molar-refractivity contribution >= 4 is 18.3 Å². The quantitative estimate of drug-likeness (QED) is 0.891. The van der Waals surface area contributed by atoms with Gasteiger partial charge in [0.15, 0.2) is 0 Å². The average Bonchev–Trinajstić information content (AvgIpc) is 2.25. The number of benzene rings is 1. The lowest BCUT2D eigenvalue weighted by atomic mass is 10.1. The summed E-state index contributed by atoms with van der Waals surface area (Å²) in [6.07, 6.45) is 0. The first-order valence-corrected chi connectivity index (χ1v) is 5.99. The van der Waals surface area contributed by atoms with Gasteiger partial charge in [-0.15, -0.1) is 12.4 Å². The van der Waals surface area contributed by atoms with Crippen LogP contribution in [0.4, 0.5) is 0 Å². The molecular formula is C14H23ClN2O. The molecule has 1 N–H and O–H groups in total. The molecule has 102 valence electrons. The summed E-state index contributed by atoms with van der Waals surface area (Å²) in [7, 11) is 4.08. The predicted molar refractivity (Wildman–Crippen MR) is 78.5 cm³/mol. The molecule has 4 heteroatoms. The normalized spacial score (nSPS) is 11.8. The van der Waals surface area contributed by atoms with Crippen LogP contribution in [0.3, 0.4) is 0 Å². The van der Waals surface area contributed by atoms with Crippen molar-refractivity contribution < 1.29 is 4.79 Å². The number of rotatable bonds is 5. The molecule has 0 radical (unpaired) electrons. The van der Waals surface area contributed by atoms with Crippen molar-refractivity contribution in [1.82, 2.24) is 10.2 Å². The highest BCUT2D eigenvalue weighted by molar-refractivity contribution is 5.95. The number of carbonyl (C=O) groups excluding carboxylic acids is 1. The number of amides is 1. The molecule has 0 bridgehead atoms. The lowest BCUT2D eigenvalue weighted by molar-refractivity contribution is 0.0945. The molecule has 3 nitrogen and oxygen atoms in total. The number of carbonyl (C=O) groups is 1. The molecule has 1 amide bonds. The molecule has 18 heavy (non-hydrogen) atoms. The average molecular weight is 271 g/mol. The van der Waals surface area contributed by atoms with Gasteiger partial charge in [0.1, 0.15) is 0 Å². The fraction of sp³-hybridized carbons (Fsp3) is 0.500. The van der Waals surface area contributed by atoms with Crippen LogP contribution < -0.4 is 5.32 Å². The predicted octanol–water partition coefficient (Wildman–Crippen LogP) is 2.34. The van der Waals surface area contributed by atoms with Gasteiger partial charge in [0.05, 0.1) is 0 Å². The summed E-state index contributed by atoms with van der Waals surface area (Å²) in [4.78, 5) is 14.1. The van der Waals surface area contributed by atoms with Gasteiger partial charge in [-0.25, -0.2) is 0 Å². The Morgan fingerprint density at radius 1 is 1.33 bits per heavy atom. The van der Waals surface area contributed by atoms with Gasteiger partial charge in [-0.05, 0) is 38.6 Å². The lowest BCUT2D eigenvalue weighted by Gasteiger charge is -2.17. The van der Waals surface area contributed by atoms with Crippen molar-refractivity contribution in [3.05, 3.63) is 35.4 Å². The maximum atomic E-state index is 11.9. The number of hydrogen-bond donors (Lipinski definition) is 1. The minimum absolute atomic E-state index is 0. The second-order valence-corrected chi connectivity index (χ2v) is 4.89. The summed E-state index contributed by atoms with van der Waals surface area (Å²) < 4.78 is 0. The van der Waals surface area contributed by atoms with E-state index in [0.717, 1.165) is 17.7 Å². The van der Waals surface area contributed by atoms with Crippen LogP contribution in [0.15, 0.2) is 24.3 Å². The summed E-state index contributed by atoms with van der Waals surface area (Å²) in [6.45, 7) is 5.79. The van der Waals surface area contributed by atoms with Crippen LogP contribution in [0.2, 0.25) is 0 Å². The van der Waals surface area contributed by atoms with Gasteiger partial charge >= 0.3 is 0 Å². The zero-order valence-corrected chi connectivity index (χ0v) is 12.4. The van der Waals surface area contributed by atoms with Crippen LogP contribution in [0, 0.1) is 12.8 Å². The van der Waals surface area contributed by atoms with Crippen molar-refractivity contribution in [3.8, 4) is 0 Å². The summed E-state index contributed by atoms with van der Waals surface area (Å²) in [5.74, 6) is 0.478. The molecule has 0 aliphatic carbocycles. The molecule has 0 aliphatic heterocycles. The van der Waals surface area contributed by atoms with E-state index in [0.29, 0.717) is 12.5 Å². The zero-order chi connectivity index (χ0) is 12.8. The first-order chi connectivity index (χ1) is 8.00. The minimum atomic E-state index is 0. The first-order valence-electron chi connectivity index (χ1n) is 5.99. The highest BCUT2D eigenvalue weighted by atomic mass is 35.5. The molecule has 0 fully saturated rings. The third kappa shape index (κ3) is 5.52.